The van der Waals surface area contributed by atoms with Gasteiger partial charge < -0.3 is 21.4 Å². The van der Waals surface area contributed by atoms with Crippen LogP contribution >= 0.6 is 0 Å². The Hall–Kier alpha value is -1.07. The molecule has 1 aromatic heterocycles. The zero-order valence-corrected chi connectivity index (χ0v) is 19.0. The van der Waals surface area contributed by atoms with Crippen molar-refractivity contribution in [3.05, 3.63) is 83.2 Å². The van der Waals surface area contributed by atoms with E-state index in [0.29, 0.717) is 28.9 Å². The standard InChI is InChI=1S/C19H19NO2.C2H6.Sr/c1-4-7-9-15(8-5-2)22-16-10-11-18-17(12-16)19(21)14(6-3)13-20-18;1-2;/h4-5,7-12H,3,6H2,1-2H3,(H,20,21);1-2H3;/q-2;;+2/b7-4-,8-5-,15-9+;;. The van der Waals surface area contributed by atoms with Crippen molar-refractivity contribution >= 4 is 56.4 Å². The second-order valence-corrected chi connectivity index (χ2v) is 4.71. The summed E-state index contributed by atoms with van der Waals surface area (Å²) in [5, 5.41) is 0.584. The summed E-state index contributed by atoms with van der Waals surface area (Å²) >= 11 is 0. The molecule has 0 unspecified atom stereocenters. The van der Waals surface area contributed by atoms with Gasteiger partial charge in [0.05, 0.1) is 5.43 Å². The largest absolute Gasteiger partial charge is 2.00 e. The molecule has 4 heteroatoms. The molecular formula is C21H25NO2Sr. The molecular weight excluding hydrogens is 386 g/mol. The third kappa shape index (κ3) is 6.98. The Balaban J connectivity index is 0.00000185. The number of ether oxygens (including phenoxy) is 1. The van der Waals surface area contributed by atoms with Crippen LogP contribution in [-0.2, 0) is 6.42 Å². The molecule has 0 aliphatic heterocycles. The number of hydrogen-bond donors (Lipinski definition) is 1. The van der Waals surface area contributed by atoms with E-state index in [1.165, 1.54) is 0 Å². The topological polar surface area (TPSA) is 42.1 Å². The first-order valence-electron chi connectivity index (χ1n) is 8.19. The molecule has 0 fully saturated rings. The quantitative estimate of drug-likeness (QED) is 0.334. The summed E-state index contributed by atoms with van der Waals surface area (Å²) in [6, 6.07) is 5.38. The molecule has 0 aliphatic rings. The first-order valence-corrected chi connectivity index (χ1v) is 8.19. The van der Waals surface area contributed by atoms with E-state index < -0.39 is 0 Å². The molecule has 0 saturated carbocycles. The Morgan fingerprint density at radius 3 is 2.60 bits per heavy atom. The molecule has 0 bridgehead atoms. The van der Waals surface area contributed by atoms with Crippen LogP contribution in [0, 0.1) is 13.1 Å². The normalized spacial score (nSPS) is 11.3. The van der Waals surface area contributed by atoms with Gasteiger partial charge >= 0.3 is 45.5 Å². The fraction of sp³-hybridized carbons (Fsp3) is 0.238. The number of rotatable bonds is 5. The molecule has 3 nitrogen and oxygen atoms in total. The second kappa shape index (κ2) is 13.2. The van der Waals surface area contributed by atoms with E-state index in [0.717, 1.165) is 5.52 Å². The van der Waals surface area contributed by atoms with Gasteiger partial charge in [-0.25, -0.2) is 0 Å². The molecule has 1 N–H and O–H groups in total. The van der Waals surface area contributed by atoms with Gasteiger partial charge in [-0.15, -0.1) is 11.8 Å². The van der Waals surface area contributed by atoms with Gasteiger partial charge in [0.25, 0.3) is 0 Å². The predicted octanol–water partition coefficient (Wildman–Crippen LogP) is 4.77. The van der Waals surface area contributed by atoms with Gasteiger partial charge in [0.1, 0.15) is 11.5 Å². The van der Waals surface area contributed by atoms with Crippen molar-refractivity contribution in [1.82, 2.24) is 4.98 Å². The Labute approximate surface area is 187 Å². The van der Waals surface area contributed by atoms with Gasteiger partial charge in [-0.1, -0.05) is 49.0 Å². The van der Waals surface area contributed by atoms with Crippen molar-refractivity contribution in [2.24, 2.45) is 0 Å². The molecule has 0 spiro atoms. The molecule has 25 heavy (non-hydrogen) atoms. The molecule has 0 saturated heterocycles. The van der Waals surface area contributed by atoms with Crippen molar-refractivity contribution in [2.75, 3.05) is 0 Å². The SMILES string of the molecule is CC.[CH2-]Cc1[c-][nH]c2ccc(OC(/C=C\C)=C/C=C\C)cc2c1=O.[Sr+2]. The van der Waals surface area contributed by atoms with E-state index in [-0.39, 0.29) is 50.9 Å². The van der Waals surface area contributed by atoms with Crippen LogP contribution in [0.5, 0.6) is 5.75 Å². The molecule has 2 rings (SSSR count). The molecule has 0 radical (unpaired) electrons. The van der Waals surface area contributed by atoms with Crippen LogP contribution in [0.2, 0.25) is 0 Å². The van der Waals surface area contributed by atoms with E-state index in [1.54, 1.807) is 6.07 Å². The van der Waals surface area contributed by atoms with Gasteiger partial charge in [0, 0.05) is 0 Å². The van der Waals surface area contributed by atoms with Crippen molar-refractivity contribution in [2.45, 2.75) is 34.1 Å². The van der Waals surface area contributed by atoms with Crippen LogP contribution in [0.15, 0.2) is 59.1 Å². The van der Waals surface area contributed by atoms with Crippen molar-refractivity contribution in [3.8, 4) is 5.75 Å². The van der Waals surface area contributed by atoms with Crippen LogP contribution in [0.25, 0.3) is 10.9 Å². The van der Waals surface area contributed by atoms with Crippen molar-refractivity contribution in [1.29, 1.82) is 0 Å². The Morgan fingerprint density at radius 1 is 1.28 bits per heavy atom. The van der Waals surface area contributed by atoms with Crippen LogP contribution in [0.3, 0.4) is 0 Å². The average molecular weight is 411 g/mol. The van der Waals surface area contributed by atoms with Crippen molar-refractivity contribution < 1.29 is 4.74 Å². The fourth-order valence-electron chi connectivity index (χ4n) is 2.04. The van der Waals surface area contributed by atoms with Crippen LogP contribution in [0.1, 0.15) is 33.3 Å². The number of pyridine rings is 1. The Morgan fingerprint density at radius 2 is 2.00 bits per heavy atom. The Kier molecular flexibility index (Phi) is 12.6. The van der Waals surface area contributed by atoms with Crippen LogP contribution < -0.4 is 10.2 Å². The molecule has 128 valence electrons. The summed E-state index contributed by atoms with van der Waals surface area (Å²) < 4.78 is 5.84. The first-order chi connectivity index (χ1) is 11.7. The summed E-state index contributed by atoms with van der Waals surface area (Å²) in [6.45, 7) is 11.6. The summed E-state index contributed by atoms with van der Waals surface area (Å²) in [7, 11) is 0. The second-order valence-electron chi connectivity index (χ2n) is 4.71. The van der Waals surface area contributed by atoms with Gasteiger partial charge in [-0.05, 0) is 38.1 Å². The maximum atomic E-state index is 12.3. The molecule has 0 amide bonds. The number of nitrogens with one attached hydrogen (secondary N) is 1. The third-order valence-corrected chi connectivity index (χ3v) is 3.13. The minimum atomic E-state index is -0.0563. The van der Waals surface area contributed by atoms with Gasteiger partial charge in [0.2, 0.25) is 0 Å². The van der Waals surface area contributed by atoms with E-state index in [4.69, 9.17) is 4.74 Å². The maximum Gasteiger partial charge on any atom is 2.00 e. The zero-order chi connectivity index (χ0) is 17.9. The Bertz CT molecular complexity index is 801. The number of hydrogen-bond acceptors (Lipinski definition) is 2. The predicted molar refractivity (Wildman–Crippen MR) is 108 cm³/mol. The van der Waals surface area contributed by atoms with E-state index in [9.17, 15) is 4.79 Å². The third-order valence-electron chi connectivity index (χ3n) is 3.13. The summed E-state index contributed by atoms with van der Waals surface area (Å²) in [5.74, 6) is 1.32. The number of aromatic nitrogens is 1. The smallest absolute Gasteiger partial charge is 0.468 e. The van der Waals surface area contributed by atoms with Gasteiger partial charge in [-0.2, -0.15) is 6.42 Å². The first kappa shape index (κ1) is 23.9. The number of benzene rings is 1. The van der Waals surface area contributed by atoms with Gasteiger partial charge in [-0.3, -0.25) is 0 Å². The molecule has 2 aromatic rings. The molecule has 1 aromatic carbocycles. The van der Waals surface area contributed by atoms with Crippen molar-refractivity contribution in [3.63, 3.8) is 0 Å². The monoisotopic (exact) mass is 411 g/mol. The fourth-order valence-corrected chi connectivity index (χ4v) is 2.04. The minimum absolute atomic E-state index is 0. The van der Waals surface area contributed by atoms with Gasteiger partial charge in [0.15, 0.2) is 0 Å². The van der Waals surface area contributed by atoms with E-state index in [2.05, 4.69) is 18.1 Å². The number of allylic oxidation sites excluding steroid dienone is 5. The van der Waals surface area contributed by atoms with E-state index in [1.807, 2.05) is 70.2 Å². The molecule has 0 atom stereocenters. The zero-order valence-electron chi connectivity index (χ0n) is 15.6. The number of H-pyrrole nitrogens is 1. The molecule has 0 aliphatic carbocycles. The number of aromatic amines is 1. The van der Waals surface area contributed by atoms with Crippen LogP contribution in [0.4, 0.5) is 0 Å². The summed E-state index contributed by atoms with van der Waals surface area (Å²) in [6.07, 6.45) is 12.7. The summed E-state index contributed by atoms with van der Waals surface area (Å²) in [5.41, 5.74) is 1.22. The minimum Gasteiger partial charge on any atom is -0.468 e. The maximum absolute atomic E-state index is 12.3. The summed E-state index contributed by atoms with van der Waals surface area (Å²) in [4.78, 5) is 15.3. The molecule has 1 heterocycles. The van der Waals surface area contributed by atoms with Crippen LogP contribution in [-0.4, -0.2) is 50.5 Å². The number of fused-ring (bicyclic) bond motifs is 1. The van der Waals surface area contributed by atoms with E-state index >= 15 is 0 Å². The average Bonchev–Trinajstić information content (AvgIpc) is 2.62.